The molecule has 8 nitrogen and oxygen atoms in total. The molecule has 0 radical (unpaired) electrons. The minimum absolute atomic E-state index is 0.522. The maximum Gasteiger partial charge on any atom is 0.396 e. The Bertz CT molecular complexity index is 427. The molecule has 1 fully saturated rings. The summed E-state index contributed by atoms with van der Waals surface area (Å²) in [6.07, 6.45) is 0.735. The van der Waals surface area contributed by atoms with Crippen LogP contribution in [0.1, 0.15) is 13.8 Å². The zero-order valence-electron chi connectivity index (χ0n) is 9.94. The molecular weight excluding hydrogens is 246 g/mol. The largest absolute Gasteiger partial charge is 0.462 e. The number of methoxy groups -OCH3 is 1. The van der Waals surface area contributed by atoms with Gasteiger partial charge in [-0.25, -0.2) is 14.4 Å². The molecule has 0 unspecified atom stereocenters. The molecule has 98 valence electrons. The Balaban J connectivity index is 2.78. The van der Waals surface area contributed by atoms with Crippen LogP contribution in [0.25, 0.3) is 0 Å². The minimum Gasteiger partial charge on any atom is -0.462 e. The zero-order valence-corrected chi connectivity index (χ0v) is 9.94. The predicted molar refractivity (Wildman–Crippen MR) is 54.5 cm³/mol. The van der Waals surface area contributed by atoms with Crippen LogP contribution in [-0.2, 0) is 33.4 Å². The van der Waals surface area contributed by atoms with Crippen molar-refractivity contribution in [3.8, 4) is 0 Å². The molecule has 0 aromatic heterocycles. The maximum absolute atomic E-state index is 11.4. The van der Waals surface area contributed by atoms with Gasteiger partial charge >= 0.3 is 23.8 Å². The molecular formula is C10H11NO7. The number of rotatable bonds is 1. The van der Waals surface area contributed by atoms with Crippen LogP contribution >= 0.6 is 0 Å². The fourth-order valence-corrected chi connectivity index (χ4v) is 1.07. The normalized spacial score (nSPS) is 17.4. The molecule has 18 heavy (non-hydrogen) atoms. The van der Waals surface area contributed by atoms with Crippen molar-refractivity contribution in [2.75, 3.05) is 7.11 Å². The number of esters is 3. The molecule has 1 aliphatic rings. The lowest BCUT2D eigenvalue weighted by molar-refractivity contribution is -0.222. The van der Waals surface area contributed by atoms with Crippen LogP contribution in [0.15, 0.2) is 11.8 Å². The molecule has 1 N–H and O–H groups in total. The Labute approximate surface area is 102 Å². The summed E-state index contributed by atoms with van der Waals surface area (Å²) in [7, 11) is 1.01. The lowest BCUT2D eigenvalue weighted by atomic mass is 10.2. The number of hydrogen-bond donors (Lipinski definition) is 1. The van der Waals surface area contributed by atoms with Crippen LogP contribution in [0.3, 0.4) is 0 Å². The van der Waals surface area contributed by atoms with Crippen LogP contribution in [0.4, 0.5) is 0 Å². The van der Waals surface area contributed by atoms with Gasteiger partial charge in [0.2, 0.25) is 0 Å². The average Bonchev–Trinajstić information content (AvgIpc) is 2.24. The first-order valence-corrected chi connectivity index (χ1v) is 4.82. The van der Waals surface area contributed by atoms with Gasteiger partial charge in [0.15, 0.2) is 5.57 Å². The lowest BCUT2D eigenvalue weighted by Gasteiger charge is -2.29. The van der Waals surface area contributed by atoms with Crippen molar-refractivity contribution in [2.45, 2.75) is 19.6 Å². The third-order valence-corrected chi connectivity index (χ3v) is 1.84. The molecule has 0 atom stereocenters. The van der Waals surface area contributed by atoms with E-state index >= 15 is 0 Å². The summed E-state index contributed by atoms with van der Waals surface area (Å²) in [5.74, 6) is -5.57. The van der Waals surface area contributed by atoms with Gasteiger partial charge in [-0.1, -0.05) is 0 Å². The van der Waals surface area contributed by atoms with Crippen molar-refractivity contribution in [3.63, 3.8) is 0 Å². The second kappa shape index (κ2) is 4.86. The van der Waals surface area contributed by atoms with E-state index in [9.17, 15) is 19.2 Å². The van der Waals surface area contributed by atoms with E-state index in [1.165, 1.54) is 13.8 Å². The molecule has 0 saturated carbocycles. The summed E-state index contributed by atoms with van der Waals surface area (Å²) in [6.45, 7) is 2.76. The van der Waals surface area contributed by atoms with Crippen molar-refractivity contribution < 1.29 is 33.4 Å². The van der Waals surface area contributed by atoms with Gasteiger partial charge in [0.1, 0.15) is 0 Å². The van der Waals surface area contributed by atoms with E-state index in [1.54, 1.807) is 0 Å². The fourth-order valence-electron chi connectivity index (χ4n) is 1.07. The first kappa shape index (κ1) is 13.7. The second-order valence-electron chi connectivity index (χ2n) is 3.70. The number of carbonyl (C=O) groups excluding carboxylic acids is 4. The van der Waals surface area contributed by atoms with Gasteiger partial charge in [-0.3, -0.25) is 4.79 Å². The fraction of sp³-hybridized carbons (Fsp3) is 0.400. The highest BCUT2D eigenvalue weighted by atomic mass is 16.7. The summed E-state index contributed by atoms with van der Waals surface area (Å²) in [4.78, 5) is 44.6. The highest BCUT2D eigenvalue weighted by Crippen LogP contribution is 2.21. The molecule has 0 aromatic rings. The molecule has 1 heterocycles. The molecule has 8 heteroatoms. The summed E-state index contributed by atoms with van der Waals surface area (Å²) >= 11 is 0. The van der Waals surface area contributed by atoms with E-state index in [-0.39, 0.29) is 0 Å². The van der Waals surface area contributed by atoms with Crippen molar-refractivity contribution >= 4 is 23.8 Å². The number of amides is 1. The van der Waals surface area contributed by atoms with Gasteiger partial charge < -0.3 is 19.5 Å². The Morgan fingerprint density at radius 2 is 1.72 bits per heavy atom. The molecule has 0 aliphatic carbocycles. The summed E-state index contributed by atoms with van der Waals surface area (Å²) in [6, 6.07) is 0. The molecule has 1 rings (SSSR count). The Hall–Kier alpha value is -2.38. The van der Waals surface area contributed by atoms with Crippen LogP contribution in [0, 0.1) is 0 Å². The smallest absolute Gasteiger partial charge is 0.396 e. The first-order valence-electron chi connectivity index (χ1n) is 4.82. The number of ether oxygens (including phenoxy) is 3. The number of nitrogens with one attached hydrogen (secondary N) is 1. The van der Waals surface area contributed by atoms with Crippen LogP contribution in [0.2, 0.25) is 0 Å². The molecule has 1 aliphatic heterocycles. The van der Waals surface area contributed by atoms with Crippen molar-refractivity contribution in [3.05, 3.63) is 11.8 Å². The van der Waals surface area contributed by atoms with E-state index in [0.717, 1.165) is 13.3 Å². The van der Waals surface area contributed by atoms with Gasteiger partial charge in [-0.05, 0) is 0 Å². The van der Waals surface area contributed by atoms with Crippen molar-refractivity contribution in [2.24, 2.45) is 0 Å². The number of cyclic esters (lactones) is 2. The van der Waals surface area contributed by atoms with Gasteiger partial charge in [0.05, 0.1) is 7.11 Å². The quantitative estimate of drug-likeness (QED) is 0.277. The highest BCUT2D eigenvalue weighted by Gasteiger charge is 2.39. The second-order valence-corrected chi connectivity index (χ2v) is 3.70. The monoisotopic (exact) mass is 257 g/mol. The topological polar surface area (TPSA) is 108 Å². The van der Waals surface area contributed by atoms with Gasteiger partial charge in [-0.15, -0.1) is 0 Å². The zero-order chi connectivity index (χ0) is 13.9. The summed E-state index contributed by atoms with van der Waals surface area (Å²) in [5.41, 5.74) is -0.522. The summed E-state index contributed by atoms with van der Waals surface area (Å²) < 4.78 is 13.6. The van der Waals surface area contributed by atoms with Crippen LogP contribution in [0.5, 0.6) is 0 Å². The van der Waals surface area contributed by atoms with Crippen molar-refractivity contribution in [1.82, 2.24) is 5.32 Å². The Morgan fingerprint density at radius 1 is 1.22 bits per heavy atom. The van der Waals surface area contributed by atoms with Gasteiger partial charge in [0, 0.05) is 20.0 Å². The SMILES string of the molecule is COC(=O)C(=O)NC=C1C(=O)OC(C)(C)OC1=O. The predicted octanol–water partition coefficient (Wildman–Crippen LogP) is -1.00. The molecule has 1 saturated heterocycles. The Kier molecular flexibility index (Phi) is 3.70. The third-order valence-electron chi connectivity index (χ3n) is 1.84. The molecule has 0 bridgehead atoms. The van der Waals surface area contributed by atoms with E-state index < -0.39 is 35.2 Å². The van der Waals surface area contributed by atoms with Gasteiger partial charge in [-0.2, -0.15) is 0 Å². The summed E-state index contributed by atoms with van der Waals surface area (Å²) in [5, 5.41) is 1.91. The van der Waals surface area contributed by atoms with Crippen LogP contribution in [-0.4, -0.2) is 36.7 Å². The standard InChI is InChI=1S/C10H11NO7/c1-10(2)17-7(13)5(8(14)18-10)4-11-6(12)9(15)16-3/h4H,1-3H3,(H,11,12). The van der Waals surface area contributed by atoms with Crippen LogP contribution < -0.4 is 5.32 Å². The van der Waals surface area contributed by atoms with E-state index in [1.807, 2.05) is 5.32 Å². The van der Waals surface area contributed by atoms with E-state index in [4.69, 9.17) is 9.47 Å². The molecule has 0 aromatic carbocycles. The van der Waals surface area contributed by atoms with E-state index in [0.29, 0.717) is 0 Å². The Morgan fingerprint density at radius 3 is 2.17 bits per heavy atom. The number of carbonyl (C=O) groups is 4. The highest BCUT2D eigenvalue weighted by molar-refractivity contribution is 6.33. The third kappa shape index (κ3) is 3.06. The average molecular weight is 257 g/mol. The van der Waals surface area contributed by atoms with Crippen molar-refractivity contribution in [1.29, 1.82) is 0 Å². The van der Waals surface area contributed by atoms with E-state index in [2.05, 4.69) is 4.74 Å². The lowest BCUT2D eigenvalue weighted by Crippen LogP contribution is -2.42. The maximum atomic E-state index is 11.4. The molecule has 0 spiro atoms. The molecule has 1 amide bonds. The minimum atomic E-state index is -1.36. The number of hydrogen-bond acceptors (Lipinski definition) is 7. The first-order chi connectivity index (χ1) is 8.26. The van der Waals surface area contributed by atoms with Gasteiger partial charge in [0.25, 0.3) is 5.79 Å².